The van der Waals surface area contributed by atoms with Gasteiger partial charge >= 0.3 is 0 Å². The van der Waals surface area contributed by atoms with Crippen LogP contribution < -0.4 is 0 Å². The van der Waals surface area contributed by atoms with E-state index in [2.05, 4.69) is 22.9 Å². The number of carbonyl (C=O) groups excluding carboxylic acids is 1. The Bertz CT molecular complexity index is 345. The molecule has 1 rings (SSSR count). The summed E-state index contributed by atoms with van der Waals surface area (Å²) in [6.07, 6.45) is 1.80. The topological polar surface area (TPSA) is 37.3 Å². The Kier molecular flexibility index (Phi) is 5.00. The van der Waals surface area contributed by atoms with Crippen LogP contribution in [0.3, 0.4) is 0 Å². The second-order valence-corrected chi connectivity index (χ2v) is 5.25. The zero-order valence-corrected chi connectivity index (χ0v) is 11.2. The van der Waals surface area contributed by atoms with Crippen molar-refractivity contribution in [2.75, 3.05) is 0 Å². The van der Waals surface area contributed by atoms with Gasteiger partial charge in [0, 0.05) is 0 Å². The molecule has 0 aliphatic carbocycles. The van der Waals surface area contributed by atoms with Crippen LogP contribution in [0.15, 0.2) is 24.3 Å². The average Bonchev–Trinajstić information content (AvgIpc) is 2.26. The molecule has 3 heteroatoms. The van der Waals surface area contributed by atoms with Crippen molar-refractivity contribution < 1.29 is 9.90 Å². The summed E-state index contributed by atoms with van der Waals surface area (Å²) in [6.45, 7) is 3.73. The van der Waals surface area contributed by atoms with E-state index >= 15 is 0 Å². The van der Waals surface area contributed by atoms with Crippen molar-refractivity contribution in [2.45, 2.75) is 37.4 Å². The predicted octanol–water partition coefficient (Wildman–Crippen LogP) is 3.63. The monoisotopic (exact) mass is 284 g/mol. The Hall–Kier alpha value is -0.830. The second-order valence-electron chi connectivity index (χ2n) is 4.15. The van der Waals surface area contributed by atoms with Gasteiger partial charge in [-0.05, 0) is 43.4 Å². The van der Waals surface area contributed by atoms with Gasteiger partial charge in [-0.25, -0.2) is 0 Å². The minimum atomic E-state index is -0.0351. The van der Waals surface area contributed by atoms with E-state index in [9.17, 15) is 9.90 Å². The first kappa shape index (κ1) is 13.2. The van der Waals surface area contributed by atoms with Gasteiger partial charge in [-0.15, -0.1) is 0 Å². The molecule has 0 aliphatic rings. The summed E-state index contributed by atoms with van der Waals surface area (Å²) in [5.74, 6) is 0.871. The van der Waals surface area contributed by atoms with E-state index in [1.54, 1.807) is 19.1 Å². The number of rotatable bonds is 5. The third-order valence-electron chi connectivity index (χ3n) is 2.76. The van der Waals surface area contributed by atoms with E-state index in [4.69, 9.17) is 0 Å². The molecule has 0 spiro atoms. The number of hydrogen-bond acceptors (Lipinski definition) is 2. The molecule has 0 aliphatic heterocycles. The molecule has 2 nitrogen and oxygen atoms in total. The third kappa shape index (κ3) is 3.97. The van der Waals surface area contributed by atoms with Crippen LogP contribution in [-0.2, 0) is 4.79 Å². The van der Waals surface area contributed by atoms with Crippen molar-refractivity contribution in [3.05, 3.63) is 29.8 Å². The number of ketones is 1. The molecule has 0 amide bonds. The molecule has 0 bridgehead atoms. The molecule has 2 unspecified atom stereocenters. The number of alkyl halides is 1. The highest BCUT2D eigenvalue weighted by atomic mass is 79.9. The van der Waals surface area contributed by atoms with E-state index < -0.39 is 0 Å². The van der Waals surface area contributed by atoms with Crippen LogP contribution in [-0.4, -0.2) is 15.7 Å². The Labute approximate surface area is 105 Å². The van der Waals surface area contributed by atoms with Crippen molar-refractivity contribution in [1.82, 2.24) is 0 Å². The van der Waals surface area contributed by atoms with Gasteiger partial charge in [0.15, 0.2) is 0 Å². The standard InChI is InChI=1S/C13H17BrO2/c1-9(3-8-13(14)10(2)15)11-4-6-12(16)7-5-11/h4-7,9,13,16H,3,8H2,1-2H3. The molecular weight excluding hydrogens is 268 g/mol. The molecule has 16 heavy (non-hydrogen) atoms. The Morgan fingerprint density at radius 1 is 1.31 bits per heavy atom. The smallest absolute Gasteiger partial charge is 0.143 e. The number of aromatic hydroxyl groups is 1. The number of hydrogen-bond donors (Lipinski definition) is 1. The predicted molar refractivity (Wildman–Crippen MR) is 69.2 cm³/mol. The van der Waals surface area contributed by atoms with Crippen LogP contribution in [0.5, 0.6) is 5.75 Å². The molecule has 0 heterocycles. The maximum absolute atomic E-state index is 11.1. The lowest BCUT2D eigenvalue weighted by Crippen LogP contribution is -2.10. The summed E-state index contributed by atoms with van der Waals surface area (Å²) < 4.78 is 0. The first-order chi connectivity index (χ1) is 7.50. The van der Waals surface area contributed by atoms with E-state index in [1.165, 1.54) is 5.56 Å². The van der Waals surface area contributed by atoms with E-state index in [1.807, 2.05) is 12.1 Å². The van der Waals surface area contributed by atoms with E-state index in [-0.39, 0.29) is 16.4 Å². The molecular formula is C13H17BrO2. The molecule has 1 N–H and O–H groups in total. The molecule has 1 aromatic carbocycles. The first-order valence-electron chi connectivity index (χ1n) is 5.44. The van der Waals surface area contributed by atoms with Gasteiger partial charge in [0.05, 0.1) is 4.83 Å². The Morgan fingerprint density at radius 2 is 1.88 bits per heavy atom. The number of carbonyl (C=O) groups is 1. The lowest BCUT2D eigenvalue weighted by molar-refractivity contribution is -0.116. The highest BCUT2D eigenvalue weighted by Crippen LogP contribution is 2.24. The molecule has 0 saturated heterocycles. The van der Waals surface area contributed by atoms with Crippen molar-refractivity contribution >= 4 is 21.7 Å². The number of halogens is 1. The fourth-order valence-corrected chi connectivity index (χ4v) is 1.83. The first-order valence-corrected chi connectivity index (χ1v) is 6.35. The number of phenols is 1. The highest BCUT2D eigenvalue weighted by Gasteiger charge is 2.12. The maximum atomic E-state index is 11.1. The lowest BCUT2D eigenvalue weighted by atomic mass is 9.95. The summed E-state index contributed by atoms with van der Waals surface area (Å²) in [6, 6.07) is 7.25. The van der Waals surface area contributed by atoms with Crippen LogP contribution >= 0.6 is 15.9 Å². The summed E-state index contributed by atoms with van der Waals surface area (Å²) in [5.41, 5.74) is 1.20. The zero-order chi connectivity index (χ0) is 12.1. The average molecular weight is 285 g/mol. The van der Waals surface area contributed by atoms with Gasteiger partial charge in [-0.2, -0.15) is 0 Å². The van der Waals surface area contributed by atoms with Crippen molar-refractivity contribution in [1.29, 1.82) is 0 Å². The quantitative estimate of drug-likeness (QED) is 0.839. The highest BCUT2D eigenvalue weighted by molar-refractivity contribution is 9.10. The minimum absolute atomic E-state index is 0.0351. The number of Topliss-reactive ketones (excluding diaryl/α,β-unsaturated/α-hetero) is 1. The fourth-order valence-electron chi connectivity index (χ4n) is 1.57. The van der Waals surface area contributed by atoms with Crippen LogP contribution in [0, 0.1) is 0 Å². The minimum Gasteiger partial charge on any atom is -0.508 e. The van der Waals surface area contributed by atoms with Gasteiger partial charge < -0.3 is 5.11 Å². The fraction of sp³-hybridized carbons (Fsp3) is 0.462. The van der Waals surface area contributed by atoms with E-state index in [0.717, 1.165) is 12.8 Å². The van der Waals surface area contributed by atoms with Crippen LogP contribution in [0.4, 0.5) is 0 Å². The van der Waals surface area contributed by atoms with E-state index in [0.29, 0.717) is 5.92 Å². The Morgan fingerprint density at radius 3 is 2.38 bits per heavy atom. The van der Waals surface area contributed by atoms with Gasteiger partial charge in [0.2, 0.25) is 0 Å². The molecule has 88 valence electrons. The molecule has 0 saturated carbocycles. The molecule has 0 fully saturated rings. The number of benzene rings is 1. The van der Waals surface area contributed by atoms with Crippen molar-refractivity contribution in [3.8, 4) is 5.75 Å². The largest absolute Gasteiger partial charge is 0.508 e. The number of phenolic OH excluding ortho intramolecular Hbond substituents is 1. The van der Waals surface area contributed by atoms with Crippen LogP contribution in [0.2, 0.25) is 0 Å². The van der Waals surface area contributed by atoms with Gasteiger partial charge in [0.25, 0.3) is 0 Å². The zero-order valence-electron chi connectivity index (χ0n) is 9.61. The van der Waals surface area contributed by atoms with Crippen LogP contribution in [0.1, 0.15) is 38.2 Å². The third-order valence-corrected chi connectivity index (χ3v) is 3.86. The maximum Gasteiger partial charge on any atom is 0.143 e. The summed E-state index contributed by atoms with van der Waals surface area (Å²) >= 11 is 3.37. The summed E-state index contributed by atoms with van der Waals surface area (Å²) in [5, 5.41) is 9.18. The molecule has 0 aromatic heterocycles. The molecule has 1 aromatic rings. The van der Waals surface area contributed by atoms with Gasteiger partial charge in [0.1, 0.15) is 11.5 Å². The summed E-state index contributed by atoms with van der Waals surface area (Å²) in [7, 11) is 0. The summed E-state index contributed by atoms with van der Waals surface area (Å²) in [4.78, 5) is 11.0. The second kappa shape index (κ2) is 6.04. The molecule has 2 atom stereocenters. The van der Waals surface area contributed by atoms with Gasteiger partial charge in [-0.1, -0.05) is 35.0 Å². The normalized spacial score (nSPS) is 14.4. The lowest BCUT2D eigenvalue weighted by Gasteiger charge is -2.13. The SMILES string of the molecule is CC(=O)C(Br)CCC(C)c1ccc(O)cc1. The van der Waals surface area contributed by atoms with Crippen molar-refractivity contribution in [3.63, 3.8) is 0 Å². The molecule has 0 radical (unpaired) electrons. The Balaban J connectivity index is 2.49. The van der Waals surface area contributed by atoms with Crippen molar-refractivity contribution in [2.24, 2.45) is 0 Å². The van der Waals surface area contributed by atoms with Crippen LogP contribution in [0.25, 0.3) is 0 Å². The van der Waals surface area contributed by atoms with Gasteiger partial charge in [-0.3, -0.25) is 4.79 Å².